The van der Waals surface area contributed by atoms with Gasteiger partial charge in [-0.05, 0) is 38.8 Å². The third-order valence-corrected chi connectivity index (χ3v) is 4.92. The van der Waals surface area contributed by atoms with Crippen LogP contribution in [0.25, 0.3) is 0 Å². The Morgan fingerprint density at radius 2 is 1.89 bits per heavy atom. The van der Waals surface area contributed by atoms with Crippen molar-refractivity contribution in [1.82, 2.24) is 4.90 Å². The summed E-state index contributed by atoms with van der Waals surface area (Å²) < 4.78 is 0. The van der Waals surface area contributed by atoms with Gasteiger partial charge in [-0.15, -0.1) is 12.4 Å². The van der Waals surface area contributed by atoms with Crippen LogP contribution in [0.5, 0.6) is 0 Å². The van der Waals surface area contributed by atoms with Gasteiger partial charge in [0.25, 0.3) is 0 Å². The van der Waals surface area contributed by atoms with Crippen molar-refractivity contribution < 1.29 is 0 Å². The molecule has 2 heterocycles. The summed E-state index contributed by atoms with van der Waals surface area (Å²) in [6.45, 7) is 2.11. The predicted octanol–water partition coefficient (Wildman–Crippen LogP) is 3.51. The fourth-order valence-electron chi connectivity index (χ4n) is 3.80. The molecule has 0 aromatic heterocycles. The maximum Gasteiger partial charge on any atom is 0.0687 e. The number of hydrogen-bond acceptors (Lipinski definition) is 2. The Bertz CT molecular complexity index is 477. The molecule has 0 saturated carbocycles. The Kier molecular flexibility index (Phi) is 4.18. The Balaban J connectivity index is 0.00000133. The van der Waals surface area contributed by atoms with Crippen LogP contribution in [0.15, 0.2) is 24.3 Å². The zero-order valence-electron chi connectivity index (χ0n) is 11.5. The molecule has 2 nitrogen and oxygen atoms in total. The lowest BCUT2D eigenvalue weighted by molar-refractivity contribution is 0.127. The standard InChI is InChI=1S/C16H20N2.ClH/c1-11-3-5-12(6-4-11)14-9-13-7-8-16(18(13)2)15(14)10-17;/h3-6,13-16H,7-9H2,1-2H3;1H/t13?,14-,15?,16?;/m1./s1. The molecular formula is C16H21ClN2. The molecule has 19 heavy (non-hydrogen) atoms. The lowest BCUT2D eigenvalue weighted by atomic mass is 9.77. The molecule has 2 aliphatic rings. The van der Waals surface area contributed by atoms with E-state index in [0.717, 1.165) is 6.42 Å². The fourth-order valence-corrected chi connectivity index (χ4v) is 3.80. The smallest absolute Gasteiger partial charge is 0.0687 e. The Morgan fingerprint density at radius 1 is 1.21 bits per heavy atom. The van der Waals surface area contributed by atoms with Gasteiger partial charge in [0.15, 0.2) is 0 Å². The molecule has 1 aromatic rings. The van der Waals surface area contributed by atoms with E-state index in [1.807, 2.05) is 0 Å². The second kappa shape index (κ2) is 5.53. The Hall–Kier alpha value is -1.04. The number of nitriles is 1. The highest BCUT2D eigenvalue weighted by Crippen LogP contribution is 2.45. The third-order valence-electron chi connectivity index (χ3n) is 4.92. The molecule has 0 radical (unpaired) electrons. The van der Waals surface area contributed by atoms with Crippen molar-refractivity contribution in [1.29, 1.82) is 5.26 Å². The summed E-state index contributed by atoms with van der Waals surface area (Å²) in [6.07, 6.45) is 3.61. The molecule has 4 atom stereocenters. The zero-order valence-corrected chi connectivity index (χ0v) is 12.4. The van der Waals surface area contributed by atoms with Gasteiger partial charge in [-0.3, -0.25) is 4.90 Å². The maximum absolute atomic E-state index is 9.54. The lowest BCUT2D eigenvalue weighted by Crippen LogP contribution is -2.45. The van der Waals surface area contributed by atoms with Crippen molar-refractivity contribution in [3.8, 4) is 6.07 Å². The van der Waals surface area contributed by atoms with E-state index in [1.165, 1.54) is 24.0 Å². The average Bonchev–Trinajstić information content (AvgIpc) is 2.63. The highest BCUT2D eigenvalue weighted by Gasteiger charge is 2.45. The van der Waals surface area contributed by atoms with E-state index < -0.39 is 0 Å². The summed E-state index contributed by atoms with van der Waals surface area (Å²) in [5.74, 6) is 0.598. The first-order valence-electron chi connectivity index (χ1n) is 6.89. The van der Waals surface area contributed by atoms with Crippen LogP contribution in [0, 0.1) is 24.2 Å². The number of aryl methyl sites for hydroxylation is 1. The van der Waals surface area contributed by atoms with Crippen LogP contribution in [0.2, 0.25) is 0 Å². The molecular weight excluding hydrogens is 256 g/mol. The van der Waals surface area contributed by atoms with Gasteiger partial charge in [0.2, 0.25) is 0 Å². The van der Waals surface area contributed by atoms with Crippen LogP contribution in [-0.4, -0.2) is 24.0 Å². The monoisotopic (exact) mass is 276 g/mol. The van der Waals surface area contributed by atoms with E-state index in [9.17, 15) is 5.26 Å². The van der Waals surface area contributed by atoms with Gasteiger partial charge >= 0.3 is 0 Å². The molecule has 3 unspecified atom stereocenters. The minimum absolute atomic E-state index is 0. The number of fused-ring (bicyclic) bond motifs is 2. The maximum atomic E-state index is 9.54. The van der Waals surface area contributed by atoms with Crippen LogP contribution < -0.4 is 0 Å². The minimum Gasteiger partial charge on any atom is -0.299 e. The molecule has 2 fully saturated rings. The number of nitrogens with zero attached hydrogens (tertiary/aromatic N) is 2. The SMILES string of the molecule is Cc1ccc([C@H]2CC3CCC(C2C#N)N3C)cc1.Cl. The van der Waals surface area contributed by atoms with Gasteiger partial charge in [0, 0.05) is 18.0 Å². The molecule has 2 bridgehead atoms. The first-order valence-corrected chi connectivity index (χ1v) is 6.89. The molecule has 1 aromatic carbocycles. The fraction of sp³-hybridized carbons (Fsp3) is 0.562. The first kappa shape index (κ1) is 14.4. The van der Waals surface area contributed by atoms with Gasteiger partial charge in [0.05, 0.1) is 12.0 Å². The molecule has 102 valence electrons. The van der Waals surface area contributed by atoms with Gasteiger partial charge < -0.3 is 0 Å². The van der Waals surface area contributed by atoms with Crippen molar-refractivity contribution in [2.75, 3.05) is 7.05 Å². The average molecular weight is 277 g/mol. The Labute approximate surface area is 121 Å². The molecule has 0 N–H and O–H groups in total. The molecule has 0 aliphatic carbocycles. The van der Waals surface area contributed by atoms with E-state index >= 15 is 0 Å². The number of hydrogen-bond donors (Lipinski definition) is 0. The van der Waals surface area contributed by atoms with E-state index in [1.54, 1.807) is 0 Å². The van der Waals surface area contributed by atoms with Gasteiger partial charge in [-0.1, -0.05) is 29.8 Å². The van der Waals surface area contributed by atoms with Gasteiger partial charge in [-0.25, -0.2) is 0 Å². The molecule has 0 amide bonds. The Morgan fingerprint density at radius 3 is 2.53 bits per heavy atom. The molecule has 3 heteroatoms. The second-order valence-electron chi connectivity index (χ2n) is 5.87. The quantitative estimate of drug-likeness (QED) is 0.785. The normalized spacial score (nSPS) is 33.5. The van der Waals surface area contributed by atoms with Crippen LogP contribution in [0.1, 0.15) is 36.3 Å². The summed E-state index contributed by atoms with van der Waals surface area (Å²) in [6, 6.07) is 12.5. The predicted molar refractivity (Wildman–Crippen MR) is 79.5 cm³/mol. The van der Waals surface area contributed by atoms with Crippen molar-refractivity contribution >= 4 is 12.4 Å². The summed E-state index contributed by atoms with van der Waals surface area (Å²) in [5, 5.41) is 9.54. The van der Waals surface area contributed by atoms with Crippen LogP contribution in [-0.2, 0) is 0 Å². The number of halogens is 1. The number of rotatable bonds is 1. The highest BCUT2D eigenvalue weighted by molar-refractivity contribution is 5.85. The summed E-state index contributed by atoms with van der Waals surface area (Å²) in [5.41, 5.74) is 2.65. The van der Waals surface area contributed by atoms with Gasteiger partial charge in [-0.2, -0.15) is 5.26 Å². The highest BCUT2D eigenvalue weighted by atomic mass is 35.5. The first-order chi connectivity index (χ1) is 8.70. The lowest BCUT2D eigenvalue weighted by Gasteiger charge is -2.40. The molecule has 2 saturated heterocycles. The van der Waals surface area contributed by atoms with Gasteiger partial charge in [0.1, 0.15) is 0 Å². The van der Waals surface area contributed by atoms with Crippen LogP contribution in [0.4, 0.5) is 0 Å². The van der Waals surface area contributed by atoms with Crippen LogP contribution >= 0.6 is 12.4 Å². The van der Waals surface area contributed by atoms with E-state index in [2.05, 4.69) is 49.2 Å². The summed E-state index contributed by atoms with van der Waals surface area (Å²) >= 11 is 0. The molecule has 0 spiro atoms. The minimum atomic E-state index is 0. The van der Waals surface area contributed by atoms with Crippen molar-refractivity contribution in [2.45, 2.75) is 44.2 Å². The zero-order chi connectivity index (χ0) is 12.7. The van der Waals surface area contributed by atoms with E-state index in [-0.39, 0.29) is 18.3 Å². The van der Waals surface area contributed by atoms with Crippen LogP contribution in [0.3, 0.4) is 0 Å². The van der Waals surface area contributed by atoms with Crippen molar-refractivity contribution in [3.05, 3.63) is 35.4 Å². The largest absolute Gasteiger partial charge is 0.299 e. The van der Waals surface area contributed by atoms with E-state index in [0.29, 0.717) is 18.0 Å². The third kappa shape index (κ3) is 2.38. The summed E-state index contributed by atoms with van der Waals surface area (Å²) in [4.78, 5) is 2.44. The van der Waals surface area contributed by atoms with Crippen molar-refractivity contribution in [3.63, 3.8) is 0 Å². The molecule has 2 aliphatic heterocycles. The second-order valence-corrected chi connectivity index (χ2v) is 5.87. The molecule has 3 rings (SSSR count). The number of piperidine rings is 1. The van der Waals surface area contributed by atoms with Crippen molar-refractivity contribution in [2.24, 2.45) is 5.92 Å². The topological polar surface area (TPSA) is 27.0 Å². The van der Waals surface area contributed by atoms with E-state index in [4.69, 9.17) is 0 Å². The summed E-state index contributed by atoms with van der Waals surface area (Å²) in [7, 11) is 2.19. The number of benzene rings is 1.